The summed E-state index contributed by atoms with van der Waals surface area (Å²) in [7, 11) is 0. The first kappa shape index (κ1) is 19.2. The molecule has 0 saturated heterocycles. The van der Waals surface area contributed by atoms with Gasteiger partial charge in [-0.15, -0.1) is 5.10 Å². The number of benzene rings is 1. The second-order valence-corrected chi connectivity index (χ2v) is 7.69. The van der Waals surface area contributed by atoms with Crippen LogP contribution in [-0.4, -0.2) is 31.6 Å². The third-order valence-corrected chi connectivity index (χ3v) is 5.52. The van der Waals surface area contributed by atoms with Crippen LogP contribution in [-0.2, 0) is 11.3 Å². The number of fused-ring (bicyclic) bond motifs is 1. The molecule has 0 saturated carbocycles. The summed E-state index contributed by atoms with van der Waals surface area (Å²) in [6.07, 6.45) is 0. The van der Waals surface area contributed by atoms with Crippen molar-refractivity contribution in [3.63, 3.8) is 0 Å². The number of thioether (sulfide) groups is 1. The fourth-order valence-electron chi connectivity index (χ4n) is 3.17. The van der Waals surface area contributed by atoms with Gasteiger partial charge >= 0.3 is 0 Å². The highest BCUT2D eigenvalue weighted by Gasteiger charge is 2.18. The van der Waals surface area contributed by atoms with Crippen molar-refractivity contribution in [1.29, 1.82) is 0 Å². The Morgan fingerprint density at radius 3 is 2.62 bits per heavy atom. The molecule has 1 amide bonds. The van der Waals surface area contributed by atoms with Crippen molar-refractivity contribution >= 4 is 28.6 Å². The number of hydrogen-bond acceptors (Lipinski definition) is 6. The fraction of sp³-hybridized carbons (Fsp3) is 0.238. The van der Waals surface area contributed by atoms with Crippen molar-refractivity contribution in [1.82, 2.24) is 25.3 Å². The van der Waals surface area contributed by atoms with E-state index in [0.29, 0.717) is 11.6 Å². The van der Waals surface area contributed by atoms with E-state index in [1.165, 1.54) is 11.8 Å². The number of aromatic nitrogens is 4. The van der Waals surface area contributed by atoms with Crippen molar-refractivity contribution in [3.05, 3.63) is 65.4 Å². The van der Waals surface area contributed by atoms with E-state index in [1.807, 2.05) is 67.9 Å². The molecule has 0 aliphatic rings. The van der Waals surface area contributed by atoms with Crippen LogP contribution in [0.3, 0.4) is 0 Å². The molecule has 4 aromatic rings. The molecule has 7 nitrogen and oxygen atoms in total. The second-order valence-electron chi connectivity index (χ2n) is 6.72. The molecule has 0 aliphatic carbocycles. The lowest BCUT2D eigenvalue weighted by atomic mass is 10.2. The Morgan fingerprint density at radius 1 is 1.10 bits per heavy atom. The van der Waals surface area contributed by atoms with E-state index < -0.39 is 0 Å². The predicted molar refractivity (Wildman–Crippen MR) is 112 cm³/mol. The average Bonchev–Trinajstić information content (AvgIpc) is 3.30. The van der Waals surface area contributed by atoms with Gasteiger partial charge in [-0.1, -0.05) is 30.0 Å². The lowest BCUT2D eigenvalue weighted by Gasteiger charge is -2.04. The maximum absolute atomic E-state index is 12.2. The monoisotopic (exact) mass is 407 g/mol. The summed E-state index contributed by atoms with van der Waals surface area (Å²) in [5, 5.41) is 17.8. The number of para-hydroxylation sites is 1. The quantitative estimate of drug-likeness (QED) is 0.490. The standard InChI is InChI=1S/C21H21N5O2S/c1-13-9-10-17(28-13)11-22-18(27)12-29-21-20-19(14(2)23-24-21)15(3)26(25-20)16-7-5-4-6-8-16/h4-10H,11-12H2,1-3H3,(H,22,27). The van der Waals surface area contributed by atoms with Crippen LogP contribution in [0.15, 0.2) is 51.9 Å². The summed E-state index contributed by atoms with van der Waals surface area (Å²) in [4.78, 5) is 12.2. The van der Waals surface area contributed by atoms with Gasteiger partial charge in [-0.3, -0.25) is 4.79 Å². The Balaban J connectivity index is 1.53. The van der Waals surface area contributed by atoms with Crippen molar-refractivity contribution < 1.29 is 9.21 Å². The number of carbonyl (C=O) groups is 1. The van der Waals surface area contributed by atoms with E-state index in [2.05, 4.69) is 15.5 Å². The minimum atomic E-state index is -0.0983. The summed E-state index contributed by atoms with van der Waals surface area (Å²) in [6, 6.07) is 13.7. The highest BCUT2D eigenvalue weighted by Crippen LogP contribution is 2.29. The van der Waals surface area contributed by atoms with Crippen LogP contribution in [0.1, 0.15) is 22.9 Å². The first-order valence-electron chi connectivity index (χ1n) is 9.26. The van der Waals surface area contributed by atoms with E-state index in [0.717, 1.165) is 39.5 Å². The summed E-state index contributed by atoms with van der Waals surface area (Å²) < 4.78 is 7.36. The SMILES string of the molecule is Cc1ccc(CNC(=O)CSc2nnc(C)c3c(C)n(-c4ccccc4)nc23)o1. The van der Waals surface area contributed by atoms with E-state index in [1.54, 1.807) is 0 Å². The number of furan rings is 1. The van der Waals surface area contributed by atoms with Crippen LogP contribution < -0.4 is 5.32 Å². The van der Waals surface area contributed by atoms with Gasteiger partial charge < -0.3 is 9.73 Å². The lowest BCUT2D eigenvalue weighted by Crippen LogP contribution is -2.24. The summed E-state index contributed by atoms with van der Waals surface area (Å²) in [6.45, 7) is 6.18. The van der Waals surface area contributed by atoms with Crippen molar-refractivity contribution in [3.8, 4) is 5.69 Å². The molecular weight excluding hydrogens is 386 g/mol. The molecule has 4 rings (SSSR count). The first-order valence-corrected chi connectivity index (χ1v) is 10.2. The molecule has 0 radical (unpaired) electrons. The van der Waals surface area contributed by atoms with Gasteiger partial charge in [0.1, 0.15) is 22.1 Å². The second kappa shape index (κ2) is 8.08. The lowest BCUT2D eigenvalue weighted by molar-refractivity contribution is -0.118. The average molecular weight is 407 g/mol. The Bertz CT molecular complexity index is 1170. The molecule has 3 aromatic heterocycles. The predicted octanol–water partition coefficient (Wildman–Crippen LogP) is 3.74. The zero-order valence-corrected chi connectivity index (χ0v) is 17.3. The molecule has 0 aliphatic heterocycles. The van der Waals surface area contributed by atoms with E-state index in [9.17, 15) is 4.79 Å². The van der Waals surface area contributed by atoms with Gasteiger partial charge in [-0.2, -0.15) is 10.2 Å². The Labute approximate surface area is 172 Å². The van der Waals surface area contributed by atoms with Crippen molar-refractivity contribution in [2.24, 2.45) is 0 Å². The maximum atomic E-state index is 12.2. The van der Waals surface area contributed by atoms with Crippen molar-refractivity contribution in [2.75, 3.05) is 5.75 Å². The van der Waals surface area contributed by atoms with Crippen LogP contribution in [0.4, 0.5) is 0 Å². The molecule has 0 atom stereocenters. The number of hydrogen-bond donors (Lipinski definition) is 1. The number of nitrogens with one attached hydrogen (secondary N) is 1. The van der Waals surface area contributed by atoms with Gasteiger partial charge in [-0.05, 0) is 45.0 Å². The van der Waals surface area contributed by atoms with E-state index >= 15 is 0 Å². The van der Waals surface area contributed by atoms with Gasteiger partial charge in [0.2, 0.25) is 5.91 Å². The van der Waals surface area contributed by atoms with Crippen LogP contribution >= 0.6 is 11.8 Å². The van der Waals surface area contributed by atoms with Crippen molar-refractivity contribution in [2.45, 2.75) is 32.3 Å². The van der Waals surface area contributed by atoms with Crippen LogP contribution in [0.25, 0.3) is 16.6 Å². The molecule has 0 spiro atoms. The molecule has 8 heteroatoms. The fourth-order valence-corrected chi connectivity index (χ4v) is 3.92. The van der Waals surface area contributed by atoms with E-state index in [-0.39, 0.29) is 11.7 Å². The van der Waals surface area contributed by atoms with Crippen LogP contribution in [0.2, 0.25) is 0 Å². The molecule has 1 aromatic carbocycles. The molecule has 3 heterocycles. The molecule has 1 N–H and O–H groups in total. The highest BCUT2D eigenvalue weighted by molar-refractivity contribution is 8.00. The topological polar surface area (TPSA) is 85.8 Å². The number of nitrogens with zero attached hydrogens (tertiary/aromatic N) is 4. The number of amides is 1. The normalized spacial score (nSPS) is 11.1. The van der Waals surface area contributed by atoms with Crippen LogP contribution in [0.5, 0.6) is 0 Å². The Kier molecular flexibility index (Phi) is 5.35. The third kappa shape index (κ3) is 4.02. The Hall–Kier alpha value is -3.13. The minimum absolute atomic E-state index is 0.0983. The minimum Gasteiger partial charge on any atom is -0.465 e. The van der Waals surface area contributed by atoms with Gasteiger partial charge in [0.05, 0.1) is 29.4 Å². The van der Waals surface area contributed by atoms with Gasteiger partial charge in [-0.25, -0.2) is 4.68 Å². The number of carbonyl (C=O) groups excluding carboxylic acids is 1. The summed E-state index contributed by atoms with van der Waals surface area (Å²) in [5.41, 5.74) is 3.56. The number of rotatable bonds is 6. The molecule has 0 fully saturated rings. The van der Waals surface area contributed by atoms with Gasteiger partial charge in [0.15, 0.2) is 0 Å². The summed E-state index contributed by atoms with van der Waals surface area (Å²) in [5.74, 6) is 1.68. The summed E-state index contributed by atoms with van der Waals surface area (Å²) >= 11 is 1.33. The zero-order chi connectivity index (χ0) is 20.4. The van der Waals surface area contributed by atoms with E-state index in [4.69, 9.17) is 9.52 Å². The van der Waals surface area contributed by atoms with Crippen LogP contribution in [0, 0.1) is 20.8 Å². The Morgan fingerprint density at radius 2 is 1.90 bits per heavy atom. The first-order chi connectivity index (χ1) is 14.0. The maximum Gasteiger partial charge on any atom is 0.230 e. The van der Waals surface area contributed by atoms with Gasteiger partial charge in [0.25, 0.3) is 0 Å². The highest BCUT2D eigenvalue weighted by atomic mass is 32.2. The number of aryl methyl sites for hydroxylation is 3. The largest absolute Gasteiger partial charge is 0.465 e. The molecule has 0 unspecified atom stereocenters. The molecule has 0 bridgehead atoms. The molecule has 29 heavy (non-hydrogen) atoms. The molecule has 148 valence electrons. The third-order valence-electron chi connectivity index (χ3n) is 4.57. The zero-order valence-electron chi connectivity index (χ0n) is 16.5. The smallest absolute Gasteiger partial charge is 0.230 e. The van der Waals surface area contributed by atoms with Gasteiger partial charge in [0, 0.05) is 5.39 Å². The molecular formula is C21H21N5O2S.